The molecule has 0 saturated carbocycles. The van der Waals surface area contributed by atoms with Gasteiger partial charge in [-0.05, 0) is 13.0 Å². The van der Waals surface area contributed by atoms with Gasteiger partial charge in [0.25, 0.3) is 0 Å². The highest BCUT2D eigenvalue weighted by Crippen LogP contribution is 2.20. The van der Waals surface area contributed by atoms with Crippen LogP contribution in [0.2, 0.25) is 0 Å². The summed E-state index contributed by atoms with van der Waals surface area (Å²) in [4.78, 5) is 1.28. The molecule has 74 valence electrons. The zero-order chi connectivity index (χ0) is 9.68. The average Bonchev–Trinajstić information content (AvgIpc) is 2.61. The van der Waals surface area contributed by atoms with E-state index in [0.29, 0.717) is 12.6 Å². The second-order valence-electron chi connectivity index (χ2n) is 2.97. The summed E-state index contributed by atoms with van der Waals surface area (Å²) in [5.41, 5.74) is 5.48. The first-order chi connectivity index (χ1) is 6.26. The van der Waals surface area contributed by atoms with Gasteiger partial charge in [0, 0.05) is 29.4 Å². The van der Waals surface area contributed by atoms with Gasteiger partial charge in [-0.3, -0.25) is 0 Å². The van der Waals surface area contributed by atoms with Crippen LogP contribution in [0.25, 0.3) is 0 Å². The number of hydrogen-bond donors (Lipinski definition) is 2. The van der Waals surface area contributed by atoms with Gasteiger partial charge in [-0.25, -0.2) is 0 Å². The Morgan fingerprint density at radius 2 is 2.46 bits per heavy atom. The maximum Gasteiger partial charge on any atom is 0.129 e. The second-order valence-corrected chi connectivity index (χ2v) is 3.97. The van der Waals surface area contributed by atoms with E-state index in [9.17, 15) is 0 Å². The molecule has 0 spiro atoms. The molecule has 1 heterocycles. The van der Waals surface area contributed by atoms with Crippen molar-refractivity contribution >= 4 is 11.3 Å². The summed E-state index contributed by atoms with van der Waals surface area (Å²) in [6.45, 7) is 3.61. The first-order valence-electron chi connectivity index (χ1n) is 4.31. The van der Waals surface area contributed by atoms with Crippen molar-refractivity contribution in [1.29, 1.82) is 0 Å². The minimum Gasteiger partial charge on any atom is -0.496 e. The van der Waals surface area contributed by atoms with Crippen LogP contribution in [-0.4, -0.2) is 19.7 Å². The zero-order valence-electron chi connectivity index (χ0n) is 8.04. The number of hydrogen-bond acceptors (Lipinski definition) is 4. The lowest BCUT2D eigenvalue weighted by Crippen LogP contribution is -2.32. The molecule has 0 bridgehead atoms. The summed E-state index contributed by atoms with van der Waals surface area (Å²) in [6, 6.07) is 2.41. The van der Waals surface area contributed by atoms with Gasteiger partial charge in [-0.2, -0.15) is 0 Å². The number of nitrogens with two attached hydrogens (primary N) is 1. The average molecular weight is 200 g/mol. The molecule has 0 aromatic carbocycles. The molecule has 0 amide bonds. The molecule has 1 rings (SSSR count). The van der Waals surface area contributed by atoms with Gasteiger partial charge in [0.1, 0.15) is 5.75 Å². The maximum absolute atomic E-state index is 5.48. The maximum atomic E-state index is 5.48. The van der Waals surface area contributed by atoms with Gasteiger partial charge in [0.15, 0.2) is 0 Å². The highest BCUT2D eigenvalue weighted by molar-refractivity contribution is 7.10. The molecule has 0 aliphatic carbocycles. The van der Waals surface area contributed by atoms with Crippen LogP contribution in [0, 0.1) is 0 Å². The van der Waals surface area contributed by atoms with Crippen molar-refractivity contribution in [2.45, 2.75) is 19.5 Å². The molecular formula is C9H16N2OS. The SMILES string of the molecule is COc1csc(CN[C@@H](C)CN)c1. The summed E-state index contributed by atoms with van der Waals surface area (Å²) in [5.74, 6) is 0.933. The van der Waals surface area contributed by atoms with Crippen LogP contribution in [0.5, 0.6) is 5.75 Å². The molecule has 0 saturated heterocycles. The van der Waals surface area contributed by atoms with E-state index in [2.05, 4.69) is 12.2 Å². The van der Waals surface area contributed by atoms with Crippen molar-refractivity contribution in [1.82, 2.24) is 5.32 Å². The first kappa shape index (κ1) is 10.5. The van der Waals surface area contributed by atoms with Crippen molar-refractivity contribution in [3.8, 4) is 5.75 Å². The fourth-order valence-corrected chi connectivity index (χ4v) is 1.70. The quantitative estimate of drug-likeness (QED) is 0.750. The number of nitrogens with one attached hydrogen (secondary N) is 1. The molecule has 0 aliphatic rings. The molecule has 13 heavy (non-hydrogen) atoms. The first-order valence-corrected chi connectivity index (χ1v) is 5.19. The van der Waals surface area contributed by atoms with Crippen molar-refractivity contribution in [2.75, 3.05) is 13.7 Å². The van der Waals surface area contributed by atoms with Crippen LogP contribution in [0.1, 0.15) is 11.8 Å². The smallest absolute Gasteiger partial charge is 0.129 e. The molecule has 3 N–H and O–H groups in total. The Labute approximate surface area is 82.9 Å². The highest BCUT2D eigenvalue weighted by Gasteiger charge is 2.01. The van der Waals surface area contributed by atoms with Crippen LogP contribution in [0.3, 0.4) is 0 Å². The van der Waals surface area contributed by atoms with Gasteiger partial charge < -0.3 is 15.8 Å². The van der Waals surface area contributed by atoms with Gasteiger partial charge in [-0.15, -0.1) is 11.3 Å². The third-order valence-corrected chi connectivity index (χ3v) is 2.76. The Kier molecular flexibility index (Phi) is 4.21. The zero-order valence-corrected chi connectivity index (χ0v) is 8.86. The third kappa shape index (κ3) is 3.34. The lowest BCUT2D eigenvalue weighted by molar-refractivity contribution is 0.416. The normalized spacial score (nSPS) is 12.8. The van der Waals surface area contributed by atoms with E-state index in [1.165, 1.54) is 4.88 Å². The van der Waals surface area contributed by atoms with Gasteiger partial charge in [-0.1, -0.05) is 0 Å². The minimum absolute atomic E-state index is 0.369. The Morgan fingerprint density at radius 3 is 3.00 bits per heavy atom. The Balaban J connectivity index is 2.36. The molecule has 0 aliphatic heterocycles. The van der Waals surface area contributed by atoms with Crippen LogP contribution >= 0.6 is 11.3 Å². The van der Waals surface area contributed by atoms with E-state index in [-0.39, 0.29) is 0 Å². The molecular weight excluding hydrogens is 184 g/mol. The summed E-state index contributed by atoms with van der Waals surface area (Å²) in [5, 5.41) is 5.32. The van der Waals surface area contributed by atoms with Crippen molar-refractivity contribution in [3.05, 3.63) is 16.3 Å². The largest absolute Gasteiger partial charge is 0.496 e. The molecule has 1 aromatic rings. The van der Waals surface area contributed by atoms with Crippen LogP contribution in [-0.2, 0) is 6.54 Å². The molecule has 4 heteroatoms. The van der Waals surface area contributed by atoms with Crippen LogP contribution in [0.4, 0.5) is 0 Å². The molecule has 0 radical (unpaired) electrons. The standard InChI is InChI=1S/C9H16N2OS/c1-7(4-10)11-5-9-3-8(12-2)6-13-9/h3,6-7,11H,4-5,10H2,1-2H3/t7-/m0/s1. The van der Waals surface area contributed by atoms with Crippen molar-refractivity contribution < 1.29 is 4.74 Å². The van der Waals surface area contributed by atoms with E-state index in [1.54, 1.807) is 18.4 Å². The van der Waals surface area contributed by atoms with Gasteiger partial charge >= 0.3 is 0 Å². The monoisotopic (exact) mass is 200 g/mol. The van der Waals surface area contributed by atoms with Crippen LogP contribution < -0.4 is 15.8 Å². The number of thiophene rings is 1. The predicted octanol–water partition coefficient (Wildman–Crippen LogP) is 1.19. The van der Waals surface area contributed by atoms with Gasteiger partial charge in [0.05, 0.1) is 7.11 Å². The summed E-state index contributed by atoms with van der Waals surface area (Å²) >= 11 is 1.70. The van der Waals surface area contributed by atoms with Gasteiger partial charge in [0.2, 0.25) is 0 Å². The number of ether oxygens (including phenoxy) is 1. The van der Waals surface area contributed by atoms with Crippen LogP contribution in [0.15, 0.2) is 11.4 Å². The van der Waals surface area contributed by atoms with E-state index in [0.717, 1.165) is 12.3 Å². The lowest BCUT2D eigenvalue weighted by Gasteiger charge is -2.08. The molecule has 3 nitrogen and oxygen atoms in total. The summed E-state index contributed by atoms with van der Waals surface area (Å²) in [6.07, 6.45) is 0. The fraction of sp³-hybridized carbons (Fsp3) is 0.556. The van der Waals surface area contributed by atoms with E-state index in [4.69, 9.17) is 10.5 Å². The number of rotatable bonds is 5. The molecule has 0 unspecified atom stereocenters. The Hall–Kier alpha value is -0.580. The lowest BCUT2D eigenvalue weighted by atomic mass is 10.3. The fourth-order valence-electron chi connectivity index (χ4n) is 0.918. The second kappa shape index (κ2) is 5.21. The summed E-state index contributed by atoms with van der Waals surface area (Å²) in [7, 11) is 1.68. The highest BCUT2D eigenvalue weighted by atomic mass is 32.1. The molecule has 0 fully saturated rings. The number of methoxy groups -OCH3 is 1. The minimum atomic E-state index is 0.369. The van der Waals surface area contributed by atoms with Crippen molar-refractivity contribution in [2.24, 2.45) is 5.73 Å². The molecule has 1 aromatic heterocycles. The van der Waals surface area contributed by atoms with E-state index in [1.807, 2.05) is 11.4 Å². The topological polar surface area (TPSA) is 47.3 Å². The Morgan fingerprint density at radius 1 is 1.69 bits per heavy atom. The van der Waals surface area contributed by atoms with Crippen molar-refractivity contribution in [3.63, 3.8) is 0 Å². The molecule has 1 atom stereocenters. The predicted molar refractivity (Wildman–Crippen MR) is 56.2 cm³/mol. The third-order valence-electron chi connectivity index (χ3n) is 1.84. The Bertz CT molecular complexity index is 250. The van der Waals surface area contributed by atoms with E-state index >= 15 is 0 Å². The van der Waals surface area contributed by atoms with E-state index < -0.39 is 0 Å². The summed E-state index contributed by atoms with van der Waals surface area (Å²) < 4.78 is 5.09.